The fourth-order valence-corrected chi connectivity index (χ4v) is 2.71. The zero-order chi connectivity index (χ0) is 16.0. The Morgan fingerprint density at radius 2 is 1.86 bits per heavy atom. The van der Waals surface area contributed by atoms with Crippen LogP contribution < -0.4 is 9.62 Å². The van der Waals surface area contributed by atoms with Crippen LogP contribution in [0.1, 0.15) is 19.8 Å². The number of amides is 1. The van der Waals surface area contributed by atoms with Crippen LogP contribution in [-0.4, -0.2) is 33.7 Å². The first-order valence-electron chi connectivity index (χ1n) is 6.45. The highest BCUT2D eigenvalue weighted by Gasteiger charge is 2.24. The van der Waals surface area contributed by atoms with Crippen LogP contribution in [0.4, 0.5) is 14.5 Å². The van der Waals surface area contributed by atoms with Crippen molar-refractivity contribution in [3.8, 4) is 0 Å². The second-order valence-electron chi connectivity index (χ2n) is 4.51. The normalized spacial score (nSPS) is 11.2. The highest BCUT2D eigenvalue weighted by Crippen LogP contribution is 2.24. The van der Waals surface area contributed by atoms with E-state index >= 15 is 0 Å². The Labute approximate surface area is 123 Å². The van der Waals surface area contributed by atoms with Gasteiger partial charge in [-0.05, 0) is 18.6 Å². The molecular weight excluding hydrogens is 302 g/mol. The third-order valence-electron chi connectivity index (χ3n) is 2.70. The average Bonchev–Trinajstić information content (AvgIpc) is 2.35. The zero-order valence-electron chi connectivity index (χ0n) is 11.9. The molecular formula is C13H18F2N2O3S. The predicted octanol–water partition coefficient (Wildman–Crippen LogP) is 1.65. The van der Waals surface area contributed by atoms with Gasteiger partial charge in [0.25, 0.3) is 0 Å². The van der Waals surface area contributed by atoms with Gasteiger partial charge in [0.05, 0.1) is 12.8 Å². The summed E-state index contributed by atoms with van der Waals surface area (Å²) in [4.78, 5) is 11.3. The van der Waals surface area contributed by atoms with Crippen LogP contribution in [0, 0.1) is 11.6 Å². The molecule has 0 radical (unpaired) electrons. The maximum Gasteiger partial charge on any atom is 0.232 e. The number of rotatable bonds is 7. The third kappa shape index (κ3) is 4.96. The van der Waals surface area contributed by atoms with Gasteiger partial charge in [-0.25, -0.2) is 17.2 Å². The van der Waals surface area contributed by atoms with Crippen molar-refractivity contribution < 1.29 is 22.0 Å². The van der Waals surface area contributed by atoms with Crippen LogP contribution in [0.15, 0.2) is 18.2 Å². The lowest BCUT2D eigenvalue weighted by molar-refractivity contribution is -0.121. The fraction of sp³-hybridized carbons (Fsp3) is 0.462. The van der Waals surface area contributed by atoms with Crippen LogP contribution in [0.3, 0.4) is 0 Å². The Morgan fingerprint density at radius 3 is 2.33 bits per heavy atom. The number of nitrogens with one attached hydrogen (secondary N) is 1. The zero-order valence-corrected chi connectivity index (χ0v) is 12.7. The molecule has 1 aromatic carbocycles. The fourth-order valence-electron chi connectivity index (χ4n) is 1.78. The molecule has 0 saturated heterocycles. The summed E-state index contributed by atoms with van der Waals surface area (Å²) in [6.45, 7) is 1.56. The summed E-state index contributed by atoms with van der Waals surface area (Å²) >= 11 is 0. The number of benzene rings is 1. The number of para-hydroxylation sites is 1. The van der Waals surface area contributed by atoms with Crippen LogP contribution in [0.5, 0.6) is 0 Å². The van der Waals surface area contributed by atoms with E-state index in [1.54, 1.807) is 0 Å². The third-order valence-corrected chi connectivity index (χ3v) is 3.87. The minimum atomic E-state index is -3.87. The molecule has 0 atom stereocenters. The lowest BCUT2D eigenvalue weighted by atomic mass is 10.3. The number of carbonyl (C=O) groups excluding carboxylic acids is 1. The lowest BCUT2D eigenvalue weighted by Crippen LogP contribution is -2.39. The summed E-state index contributed by atoms with van der Waals surface area (Å²) in [5, 5.41) is 2.50. The van der Waals surface area contributed by atoms with Crippen molar-refractivity contribution in [3.05, 3.63) is 29.8 Å². The van der Waals surface area contributed by atoms with Gasteiger partial charge in [0, 0.05) is 13.0 Å². The summed E-state index contributed by atoms with van der Waals surface area (Å²) in [5.41, 5.74) is -0.634. The minimum Gasteiger partial charge on any atom is -0.354 e. The van der Waals surface area contributed by atoms with Crippen molar-refractivity contribution in [1.82, 2.24) is 5.32 Å². The molecule has 0 bridgehead atoms. The molecule has 0 spiro atoms. The van der Waals surface area contributed by atoms with Gasteiger partial charge in [-0.3, -0.25) is 9.10 Å². The van der Waals surface area contributed by atoms with E-state index in [4.69, 9.17) is 0 Å². The molecule has 0 unspecified atom stereocenters. The van der Waals surface area contributed by atoms with Gasteiger partial charge in [0.2, 0.25) is 15.9 Å². The first-order chi connectivity index (χ1) is 9.77. The average molecular weight is 320 g/mol. The van der Waals surface area contributed by atoms with Gasteiger partial charge in [-0.2, -0.15) is 0 Å². The molecule has 21 heavy (non-hydrogen) atoms. The SMILES string of the molecule is CCCC(=O)NCCN(c1c(F)cccc1F)S(C)(=O)=O. The number of hydrogen-bond acceptors (Lipinski definition) is 3. The van der Waals surface area contributed by atoms with Crippen molar-refractivity contribution >= 4 is 21.6 Å². The van der Waals surface area contributed by atoms with Gasteiger partial charge in [0.15, 0.2) is 11.6 Å². The molecule has 0 saturated carbocycles. The molecule has 0 aliphatic carbocycles. The summed E-state index contributed by atoms with van der Waals surface area (Å²) in [6.07, 6.45) is 1.82. The molecule has 1 amide bonds. The first kappa shape index (κ1) is 17.4. The van der Waals surface area contributed by atoms with E-state index < -0.39 is 27.3 Å². The molecule has 0 aliphatic heterocycles. The minimum absolute atomic E-state index is 0.0281. The van der Waals surface area contributed by atoms with Crippen molar-refractivity contribution in [2.75, 3.05) is 23.7 Å². The molecule has 1 N–H and O–H groups in total. The van der Waals surface area contributed by atoms with Crippen molar-refractivity contribution in [3.63, 3.8) is 0 Å². The van der Waals surface area contributed by atoms with Crippen molar-refractivity contribution in [1.29, 1.82) is 0 Å². The van der Waals surface area contributed by atoms with Crippen molar-refractivity contribution in [2.24, 2.45) is 0 Å². The Morgan fingerprint density at radius 1 is 1.29 bits per heavy atom. The number of hydrogen-bond donors (Lipinski definition) is 1. The number of carbonyl (C=O) groups is 1. The van der Waals surface area contributed by atoms with E-state index in [0.29, 0.717) is 17.1 Å². The van der Waals surface area contributed by atoms with Gasteiger partial charge in [0.1, 0.15) is 5.69 Å². The summed E-state index contributed by atoms with van der Waals surface area (Å²) < 4.78 is 51.5. The standard InChI is InChI=1S/C13H18F2N2O3S/c1-3-5-12(18)16-8-9-17(21(2,19)20)13-10(14)6-4-7-11(13)15/h4,6-7H,3,5,8-9H2,1-2H3,(H,16,18). The second-order valence-corrected chi connectivity index (χ2v) is 6.41. The molecule has 0 heterocycles. The summed E-state index contributed by atoms with van der Waals surface area (Å²) in [5.74, 6) is -2.18. The smallest absolute Gasteiger partial charge is 0.232 e. The Balaban J connectivity index is 2.91. The second kappa shape index (κ2) is 7.35. The largest absolute Gasteiger partial charge is 0.354 e. The lowest BCUT2D eigenvalue weighted by Gasteiger charge is -2.23. The van der Waals surface area contributed by atoms with E-state index in [1.165, 1.54) is 0 Å². The molecule has 8 heteroatoms. The van der Waals surface area contributed by atoms with E-state index in [1.807, 2.05) is 6.92 Å². The molecule has 118 valence electrons. The molecule has 0 aliphatic rings. The Hall–Kier alpha value is -1.70. The molecule has 0 aromatic heterocycles. The van der Waals surface area contributed by atoms with Crippen LogP contribution in [0.25, 0.3) is 0 Å². The van der Waals surface area contributed by atoms with E-state index in [2.05, 4.69) is 5.32 Å². The predicted molar refractivity (Wildman–Crippen MR) is 76.5 cm³/mol. The Kier molecular flexibility index (Phi) is 6.07. The molecule has 1 rings (SSSR count). The quantitative estimate of drug-likeness (QED) is 0.831. The first-order valence-corrected chi connectivity index (χ1v) is 8.30. The molecule has 5 nitrogen and oxygen atoms in total. The number of anilines is 1. The van der Waals surface area contributed by atoms with Gasteiger partial charge < -0.3 is 5.32 Å². The summed E-state index contributed by atoms with van der Waals surface area (Å²) in [7, 11) is -3.87. The van der Waals surface area contributed by atoms with E-state index in [9.17, 15) is 22.0 Å². The monoisotopic (exact) mass is 320 g/mol. The summed E-state index contributed by atoms with van der Waals surface area (Å²) in [6, 6.07) is 3.11. The number of halogens is 2. The van der Waals surface area contributed by atoms with Gasteiger partial charge in [-0.15, -0.1) is 0 Å². The van der Waals surface area contributed by atoms with Crippen LogP contribution >= 0.6 is 0 Å². The topological polar surface area (TPSA) is 66.5 Å². The molecule has 0 fully saturated rings. The van der Waals surface area contributed by atoms with Crippen molar-refractivity contribution in [2.45, 2.75) is 19.8 Å². The number of nitrogens with zero attached hydrogens (tertiary/aromatic N) is 1. The molecule has 1 aromatic rings. The maximum absolute atomic E-state index is 13.7. The van der Waals surface area contributed by atoms with E-state index in [-0.39, 0.29) is 19.0 Å². The van der Waals surface area contributed by atoms with Gasteiger partial charge in [-0.1, -0.05) is 13.0 Å². The highest BCUT2D eigenvalue weighted by molar-refractivity contribution is 7.92. The van der Waals surface area contributed by atoms with E-state index in [0.717, 1.165) is 24.5 Å². The maximum atomic E-state index is 13.7. The van der Waals surface area contributed by atoms with Crippen LogP contribution in [0.2, 0.25) is 0 Å². The number of sulfonamides is 1. The highest BCUT2D eigenvalue weighted by atomic mass is 32.2. The van der Waals surface area contributed by atoms with Gasteiger partial charge >= 0.3 is 0 Å². The van der Waals surface area contributed by atoms with Crippen LogP contribution in [-0.2, 0) is 14.8 Å². The Bertz CT molecular complexity index is 585.